The Bertz CT molecular complexity index is 341. The first-order chi connectivity index (χ1) is 6.95. The first-order valence-corrected chi connectivity index (χ1v) is 4.70. The fourth-order valence-electron chi connectivity index (χ4n) is 1.31. The van der Waals surface area contributed by atoms with Crippen LogP contribution in [0.3, 0.4) is 0 Å². The van der Waals surface area contributed by atoms with Gasteiger partial charge in [-0.1, -0.05) is 42.5 Å². The number of rotatable bonds is 2. The summed E-state index contributed by atoms with van der Waals surface area (Å²) < 4.78 is 5.15. The van der Waals surface area contributed by atoms with Crippen molar-refractivity contribution in [1.29, 1.82) is 0 Å². The van der Waals surface area contributed by atoms with Crippen molar-refractivity contribution >= 4 is 6.08 Å². The summed E-state index contributed by atoms with van der Waals surface area (Å²) in [5.74, 6) is 0. The van der Waals surface area contributed by atoms with E-state index in [4.69, 9.17) is 4.74 Å². The van der Waals surface area contributed by atoms with E-state index in [0.717, 1.165) is 6.54 Å². The minimum Gasteiger partial charge on any atom is -0.486 e. The van der Waals surface area contributed by atoms with E-state index in [2.05, 4.69) is 29.6 Å². The summed E-state index contributed by atoms with van der Waals surface area (Å²) in [6.07, 6.45) is 5.96. The lowest BCUT2D eigenvalue weighted by atomic mass is 10.1. The fraction of sp³-hybridized carbons (Fsp3) is 0.167. The summed E-state index contributed by atoms with van der Waals surface area (Å²) in [6, 6.07) is 10.2. The van der Waals surface area contributed by atoms with Gasteiger partial charge >= 0.3 is 0 Å². The zero-order valence-electron chi connectivity index (χ0n) is 7.94. The van der Waals surface area contributed by atoms with Gasteiger partial charge in [0.05, 0.1) is 6.26 Å². The predicted octanol–water partition coefficient (Wildman–Crippen LogP) is 2.16. The molecule has 0 unspecified atom stereocenters. The zero-order valence-corrected chi connectivity index (χ0v) is 7.94. The van der Waals surface area contributed by atoms with Crippen LogP contribution in [-0.4, -0.2) is 13.3 Å². The maximum absolute atomic E-state index is 5.15. The van der Waals surface area contributed by atoms with Gasteiger partial charge in [-0.2, -0.15) is 0 Å². The van der Waals surface area contributed by atoms with Gasteiger partial charge in [0.25, 0.3) is 0 Å². The molecule has 1 aromatic carbocycles. The van der Waals surface area contributed by atoms with Crippen LogP contribution in [0, 0.1) is 0 Å². The van der Waals surface area contributed by atoms with Gasteiger partial charge in [0.1, 0.15) is 6.73 Å². The molecule has 2 heteroatoms. The van der Waals surface area contributed by atoms with Gasteiger partial charge in [-0.25, -0.2) is 0 Å². The molecule has 0 radical (unpaired) electrons. The van der Waals surface area contributed by atoms with E-state index < -0.39 is 0 Å². The summed E-state index contributed by atoms with van der Waals surface area (Å²) in [5, 5.41) is 3.13. The van der Waals surface area contributed by atoms with Crippen molar-refractivity contribution in [2.45, 2.75) is 0 Å². The molecule has 0 atom stereocenters. The number of hydrogen-bond donors (Lipinski definition) is 1. The molecule has 1 N–H and O–H groups in total. The minimum atomic E-state index is 0.614. The maximum atomic E-state index is 5.15. The van der Waals surface area contributed by atoms with Crippen molar-refractivity contribution in [1.82, 2.24) is 5.32 Å². The SMILES string of the molecule is C1=C(/C=C\c2ccccc2)CNCO1. The van der Waals surface area contributed by atoms with Crippen LogP contribution < -0.4 is 5.32 Å². The average molecular weight is 187 g/mol. The molecule has 0 bridgehead atoms. The van der Waals surface area contributed by atoms with E-state index in [1.54, 1.807) is 6.26 Å². The van der Waals surface area contributed by atoms with Crippen molar-refractivity contribution in [3.63, 3.8) is 0 Å². The van der Waals surface area contributed by atoms with E-state index in [0.29, 0.717) is 6.73 Å². The Morgan fingerprint density at radius 1 is 1.14 bits per heavy atom. The lowest BCUT2D eigenvalue weighted by Crippen LogP contribution is -2.23. The highest BCUT2D eigenvalue weighted by Crippen LogP contribution is 2.06. The topological polar surface area (TPSA) is 21.3 Å². The molecule has 0 saturated heterocycles. The Morgan fingerprint density at radius 3 is 2.71 bits per heavy atom. The van der Waals surface area contributed by atoms with Gasteiger partial charge in [-0.05, 0) is 5.56 Å². The second-order valence-electron chi connectivity index (χ2n) is 3.17. The van der Waals surface area contributed by atoms with Crippen LogP contribution in [0.25, 0.3) is 6.08 Å². The first kappa shape index (κ1) is 9.03. The molecule has 0 aliphatic carbocycles. The molecule has 1 aliphatic rings. The van der Waals surface area contributed by atoms with Crippen molar-refractivity contribution in [2.75, 3.05) is 13.3 Å². The number of benzene rings is 1. The Kier molecular flexibility index (Phi) is 2.99. The molecule has 14 heavy (non-hydrogen) atoms. The monoisotopic (exact) mass is 187 g/mol. The predicted molar refractivity (Wildman–Crippen MR) is 57.5 cm³/mol. The first-order valence-electron chi connectivity index (χ1n) is 4.70. The van der Waals surface area contributed by atoms with Gasteiger partial charge in [-0.3, -0.25) is 5.32 Å². The average Bonchev–Trinajstić information content (AvgIpc) is 2.29. The minimum absolute atomic E-state index is 0.614. The number of ether oxygens (including phenoxy) is 1. The third kappa shape index (κ3) is 2.47. The highest BCUT2D eigenvalue weighted by molar-refractivity contribution is 5.52. The summed E-state index contributed by atoms with van der Waals surface area (Å²) in [5.41, 5.74) is 2.37. The summed E-state index contributed by atoms with van der Waals surface area (Å²) in [4.78, 5) is 0. The molecule has 0 spiro atoms. The van der Waals surface area contributed by atoms with Crippen LogP contribution in [-0.2, 0) is 4.74 Å². The van der Waals surface area contributed by atoms with Gasteiger partial charge in [0.15, 0.2) is 0 Å². The maximum Gasteiger partial charge on any atom is 0.138 e. The molecule has 2 rings (SSSR count). The molecule has 72 valence electrons. The van der Waals surface area contributed by atoms with Crippen molar-refractivity contribution in [3.05, 3.63) is 53.8 Å². The summed E-state index contributed by atoms with van der Waals surface area (Å²) in [6.45, 7) is 1.49. The zero-order chi connectivity index (χ0) is 9.64. The Hall–Kier alpha value is -1.54. The van der Waals surface area contributed by atoms with Crippen LogP contribution in [0.4, 0.5) is 0 Å². The number of hydrogen-bond acceptors (Lipinski definition) is 2. The van der Waals surface area contributed by atoms with Crippen LogP contribution >= 0.6 is 0 Å². The van der Waals surface area contributed by atoms with Crippen molar-refractivity contribution < 1.29 is 4.74 Å². The Morgan fingerprint density at radius 2 is 2.00 bits per heavy atom. The van der Waals surface area contributed by atoms with E-state index in [1.165, 1.54) is 11.1 Å². The summed E-state index contributed by atoms with van der Waals surface area (Å²) >= 11 is 0. The summed E-state index contributed by atoms with van der Waals surface area (Å²) in [7, 11) is 0. The highest BCUT2D eigenvalue weighted by Gasteiger charge is 1.98. The third-order valence-corrected chi connectivity index (χ3v) is 2.04. The third-order valence-electron chi connectivity index (χ3n) is 2.04. The van der Waals surface area contributed by atoms with E-state index in [-0.39, 0.29) is 0 Å². The molecule has 0 saturated carbocycles. The van der Waals surface area contributed by atoms with Gasteiger partial charge in [-0.15, -0.1) is 0 Å². The van der Waals surface area contributed by atoms with Crippen LogP contribution in [0.1, 0.15) is 5.56 Å². The van der Waals surface area contributed by atoms with E-state index in [9.17, 15) is 0 Å². The molecule has 0 aromatic heterocycles. The largest absolute Gasteiger partial charge is 0.486 e. The molecular weight excluding hydrogens is 174 g/mol. The van der Waals surface area contributed by atoms with Gasteiger partial charge in [0.2, 0.25) is 0 Å². The normalized spacial score (nSPS) is 16.4. The molecule has 1 heterocycles. The van der Waals surface area contributed by atoms with Crippen molar-refractivity contribution in [3.8, 4) is 0 Å². The van der Waals surface area contributed by atoms with E-state index >= 15 is 0 Å². The highest BCUT2D eigenvalue weighted by atomic mass is 16.5. The van der Waals surface area contributed by atoms with Crippen LogP contribution in [0.2, 0.25) is 0 Å². The second-order valence-corrected chi connectivity index (χ2v) is 3.17. The lowest BCUT2D eigenvalue weighted by Gasteiger charge is -2.11. The lowest BCUT2D eigenvalue weighted by molar-refractivity contribution is 0.208. The second kappa shape index (κ2) is 4.63. The molecular formula is C12H13NO. The van der Waals surface area contributed by atoms with Crippen LogP contribution in [0.15, 0.2) is 48.2 Å². The fourth-order valence-corrected chi connectivity index (χ4v) is 1.31. The molecule has 0 fully saturated rings. The van der Waals surface area contributed by atoms with Gasteiger partial charge < -0.3 is 4.74 Å². The van der Waals surface area contributed by atoms with Gasteiger partial charge in [0, 0.05) is 12.1 Å². The van der Waals surface area contributed by atoms with Crippen molar-refractivity contribution in [2.24, 2.45) is 0 Å². The quantitative estimate of drug-likeness (QED) is 0.766. The molecule has 2 nitrogen and oxygen atoms in total. The van der Waals surface area contributed by atoms with E-state index in [1.807, 2.05) is 18.2 Å². The standard InChI is InChI=1S/C12H13NO/c1-2-4-11(5-3-1)6-7-12-8-13-10-14-9-12/h1-7,9,13H,8,10H2/b7-6-. The molecule has 1 aromatic rings. The molecule has 0 amide bonds. The number of nitrogens with one attached hydrogen (secondary N) is 1. The van der Waals surface area contributed by atoms with Crippen LogP contribution in [0.5, 0.6) is 0 Å². The Balaban J connectivity index is 2.03. The Labute approximate surface area is 83.9 Å². The molecule has 1 aliphatic heterocycles. The smallest absolute Gasteiger partial charge is 0.138 e.